The van der Waals surface area contributed by atoms with Gasteiger partial charge in [0.1, 0.15) is 0 Å². The van der Waals surface area contributed by atoms with Crippen LogP contribution in [0, 0.1) is 4.18 Å². The van der Waals surface area contributed by atoms with Crippen molar-refractivity contribution in [3.05, 3.63) is 4.18 Å². The molecular formula is C8H18In. The zero-order valence-corrected chi connectivity index (χ0v) is 12.5. The second kappa shape index (κ2) is 8.87. The molecule has 0 aliphatic rings. The Bertz CT molecular complexity index is 37.8. The molecule has 0 spiro atoms. The number of rotatable bonds is 6. The average Bonchev–Trinajstić information content (AvgIpc) is 1.89. The van der Waals surface area contributed by atoms with Crippen LogP contribution in [-0.4, -0.2) is 24.4 Å². The molecule has 0 aromatic heterocycles. The summed E-state index contributed by atoms with van der Waals surface area (Å²) >= 11 is 0.845. The molecule has 53 valence electrons. The molecule has 0 fully saturated rings. The molecule has 0 heterocycles. The summed E-state index contributed by atoms with van der Waals surface area (Å²) in [6.07, 6.45) is 8.58. The molecule has 0 N–H and O–H groups in total. The van der Waals surface area contributed by atoms with Crippen molar-refractivity contribution in [1.82, 2.24) is 0 Å². The standard InChI is InChI=1S/C8H16.In.2H/c1-3-5-7-8-6-4-2;;;/h1H,3-8H2,2H3;;;. The molecule has 0 bridgehead atoms. The van der Waals surface area contributed by atoms with Gasteiger partial charge in [-0.05, 0) is 0 Å². The maximum atomic E-state index is 2.47. The van der Waals surface area contributed by atoms with E-state index in [9.17, 15) is 0 Å². The fourth-order valence-corrected chi connectivity index (χ4v) is 2.12. The number of hydrogen-bond donors (Lipinski definition) is 0. The summed E-state index contributed by atoms with van der Waals surface area (Å²) in [5.74, 6) is 0. The van der Waals surface area contributed by atoms with Gasteiger partial charge >= 0.3 is 74.0 Å². The topological polar surface area (TPSA) is 0 Å². The van der Waals surface area contributed by atoms with E-state index in [4.69, 9.17) is 0 Å². The zero-order chi connectivity index (χ0) is 6.95. The normalized spacial score (nSPS) is 9.89. The van der Waals surface area contributed by atoms with E-state index < -0.39 is 0 Å². The van der Waals surface area contributed by atoms with Gasteiger partial charge in [0, 0.05) is 0 Å². The monoisotopic (exact) mass is 229 g/mol. The molecule has 0 unspecified atom stereocenters. The fraction of sp³-hybridized carbons (Fsp3) is 0.875. The van der Waals surface area contributed by atoms with Crippen LogP contribution in [0.5, 0.6) is 0 Å². The van der Waals surface area contributed by atoms with Gasteiger partial charge in [-0.25, -0.2) is 0 Å². The third-order valence-corrected chi connectivity index (χ3v) is 3.24. The first-order chi connectivity index (χ1) is 4.41. The molecule has 0 atom stereocenters. The third kappa shape index (κ3) is 8.87. The minimum absolute atomic E-state index is 0.845. The zero-order valence-electron chi connectivity index (χ0n) is 6.82. The van der Waals surface area contributed by atoms with Crippen molar-refractivity contribution < 1.29 is 0 Å². The summed E-state index contributed by atoms with van der Waals surface area (Å²) in [4.78, 5) is 0. The van der Waals surface area contributed by atoms with Crippen LogP contribution in [-0.2, 0) is 0 Å². The number of unbranched alkanes of at least 4 members (excludes halogenated alkanes) is 5. The van der Waals surface area contributed by atoms with Crippen LogP contribution in [0.15, 0.2) is 0 Å². The Morgan fingerprint density at radius 3 is 2.33 bits per heavy atom. The molecule has 1 radical (unpaired) electrons. The van der Waals surface area contributed by atoms with E-state index in [0.717, 1.165) is 24.4 Å². The van der Waals surface area contributed by atoms with Gasteiger partial charge in [0.15, 0.2) is 0 Å². The Hall–Kier alpha value is 0.870. The Balaban J connectivity index is 2.60. The van der Waals surface area contributed by atoms with Gasteiger partial charge in [-0.3, -0.25) is 0 Å². The summed E-state index contributed by atoms with van der Waals surface area (Å²) in [5.41, 5.74) is 0. The molecule has 0 saturated carbocycles. The first-order valence-electron chi connectivity index (χ1n) is 4.19. The van der Waals surface area contributed by atoms with E-state index in [1.54, 1.807) is 0 Å². The first kappa shape index (κ1) is 9.87. The van der Waals surface area contributed by atoms with E-state index in [1.807, 2.05) is 0 Å². The Morgan fingerprint density at radius 2 is 1.78 bits per heavy atom. The molecule has 1 heteroatoms. The van der Waals surface area contributed by atoms with Crippen LogP contribution in [0.3, 0.4) is 0 Å². The van der Waals surface area contributed by atoms with Crippen molar-refractivity contribution in [2.45, 2.75) is 45.4 Å². The van der Waals surface area contributed by atoms with Crippen molar-refractivity contribution in [3.63, 3.8) is 0 Å². The molecule has 0 aromatic rings. The van der Waals surface area contributed by atoms with Gasteiger partial charge in [0.05, 0.1) is 0 Å². The molecule has 0 saturated heterocycles. The second-order valence-electron chi connectivity index (χ2n) is 2.61. The van der Waals surface area contributed by atoms with Gasteiger partial charge in [0.2, 0.25) is 0 Å². The summed E-state index contributed by atoms with van der Waals surface area (Å²) in [6.45, 7) is 2.27. The summed E-state index contributed by atoms with van der Waals surface area (Å²) in [5, 5.41) is 0. The summed E-state index contributed by atoms with van der Waals surface area (Å²) < 4.78 is 2.47. The quantitative estimate of drug-likeness (QED) is 0.612. The van der Waals surface area contributed by atoms with Gasteiger partial charge < -0.3 is 0 Å². The predicted octanol–water partition coefficient (Wildman–Crippen LogP) is 2.14. The van der Waals surface area contributed by atoms with Crippen LogP contribution in [0.4, 0.5) is 0 Å². The van der Waals surface area contributed by atoms with Crippen molar-refractivity contribution >= 4 is 24.4 Å². The van der Waals surface area contributed by atoms with E-state index in [-0.39, 0.29) is 0 Å². The molecule has 0 amide bonds. The Kier molecular flexibility index (Phi) is 9.73. The second-order valence-corrected chi connectivity index (χ2v) is 4.94. The predicted molar refractivity (Wildman–Crippen MR) is 46.2 cm³/mol. The number of hydrogen-bond acceptors (Lipinski definition) is 0. The summed E-state index contributed by atoms with van der Waals surface area (Å²) in [6, 6.07) is 0. The van der Waals surface area contributed by atoms with E-state index in [0.29, 0.717) is 0 Å². The van der Waals surface area contributed by atoms with E-state index in [1.165, 1.54) is 38.5 Å². The van der Waals surface area contributed by atoms with Crippen molar-refractivity contribution in [1.29, 1.82) is 0 Å². The molecule has 0 aliphatic heterocycles. The van der Waals surface area contributed by atoms with Gasteiger partial charge in [-0.15, -0.1) is 0 Å². The molecular weight excluding hydrogens is 211 g/mol. The third-order valence-electron chi connectivity index (χ3n) is 1.60. The maximum absolute atomic E-state index is 2.47. The summed E-state index contributed by atoms with van der Waals surface area (Å²) in [7, 11) is 0. The van der Waals surface area contributed by atoms with Gasteiger partial charge in [-0.1, -0.05) is 0 Å². The molecule has 0 aromatic carbocycles. The van der Waals surface area contributed by atoms with E-state index >= 15 is 0 Å². The first-order valence-corrected chi connectivity index (χ1v) is 7.49. The molecule has 9 heavy (non-hydrogen) atoms. The van der Waals surface area contributed by atoms with Crippen molar-refractivity contribution in [2.24, 2.45) is 0 Å². The Morgan fingerprint density at radius 1 is 1.11 bits per heavy atom. The van der Waals surface area contributed by atoms with Crippen LogP contribution < -0.4 is 0 Å². The van der Waals surface area contributed by atoms with Crippen LogP contribution >= 0.6 is 0 Å². The van der Waals surface area contributed by atoms with E-state index in [2.05, 4.69) is 11.1 Å². The van der Waals surface area contributed by atoms with Gasteiger partial charge in [0.25, 0.3) is 0 Å². The SMILES string of the molecule is CCCCCCC[CH][InH2]. The fourth-order valence-electron chi connectivity index (χ4n) is 0.952. The van der Waals surface area contributed by atoms with Crippen LogP contribution in [0.1, 0.15) is 45.4 Å². The average molecular weight is 229 g/mol. The molecule has 0 aliphatic carbocycles. The Labute approximate surface area is 74.0 Å². The van der Waals surface area contributed by atoms with Gasteiger partial charge in [-0.2, -0.15) is 0 Å². The molecule has 0 rings (SSSR count). The minimum atomic E-state index is 0.845. The molecule has 0 nitrogen and oxygen atoms in total. The van der Waals surface area contributed by atoms with Crippen molar-refractivity contribution in [2.75, 3.05) is 0 Å². The van der Waals surface area contributed by atoms with Crippen molar-refractivity contribution in [3.8, 4) is 0 Å². The van der Waals surface area contributed by atoms with Crippen LogP contribution in [0.2, 0.25) is 0 Å². The van der Waals surface area contributed by atoms with Crippen LogP contribution in [0.25, 0.3) is 0 Å².